The van der Waals surface area contributed by atoms with Crippen LogP contribution in [0.25, 0.3) is 0 Å². The van der Waals surface area contributed by atoms with Gasteiger partial charge in [-0.25, -0.2) is 26.0 Å². The van der Waals surface area contributed by atoms with E-state index in [-0.39, 0.29) is 48.2 Å². The third-order valence-corrected chi connectivity index (χ3v) is 7.96. The predicted octanol–water partition coefficient (Wildman–Crippen LogP) is 1.44. The van der Waals surface area contributed by atoms with Crippen LogP contribution in [0, 0.1) is 5.82 Å². The maximum Gasteiger partial charge on any atom is 0.337 e. The molecule has 0 spiro atoms. The number of hydrogen-bond donors (Lipinski definition) is 1. The van der Waals surface area contributed by atoms with Gasteiger partial charge in [0.2, 0.25) is 10.0 Å². The molecule has 10 nitrogen and oxygen atoms in total. The largest absolute Gasteiger partial charge is 0.495 e. The Bertz CT molecular complexity index is 1230. The normalized spacial score (nSPS) is 15.2. The van der Waals surface area contributed by atoms with E-state index in [1.807, 2.05) is 0 Å². The summed E-state index contributed by atoms with van der Waals surface area (Å²) in [5, 5.41) is 0. The summed E-state index contributed by atoms with van der Waals surface area (Å²) in [4.78, 5) is 10.6. The first-order valence-corrected chi connectivity index (χ1v) is 12.2. The number of rotatable bonds is 7. The Morgan fingerprint density at radius 1 is 1.03 bits per heavy atom. The highest BCUT2D eigenvalue weighted by Crippen LogP contribution is 2.31. The lowest BCUT2D eigenvalue weighted by Gasteiger charge is -2.26. The van der Waals surface area contributed by atoms with Gasteiger partial charge in [-0.15, -0.1) is 0 Å². The number of esters is 1. The average Bonchev–Trinajstić information content (AvgIpc) is 2.79. The van der Waals surface area contributed by atoms with Crippen molar-refractivity contribution in [2.75, 3.05) is 45.2 Å². The molecule has 0 amide bonds. The number of morpholine rings is 1. The molecule has 1 heterocycles. The maximum atomic E-state index is 14.3. The molecule has 2 aromatic rings. The van der Waals surface area contributed by atoms with Crippen LogP contribution in [0.4, 0.5) is 10.1 Å². The van der Waals surface area contributed by atoms with Gasteiger partial charge in [0.05, 0.1) is 38.7 Å². The number of carbonyl (C=O) groups excluding carboxylic acids is 1. The van der Waals surface area contributed by atoms with E-state index in [0.717, 1.165) is 31.4 Å². The van der Waals surface area contributed by atoms with Crippen LogP contribution in [0.3, 0.4) is 0 Å². The number of nitrogens with one attached hydrogen (secondary N) is 1. The molecule has 0 aliphatic carbocycles. The molecule has 32 heavy (non-hydrogen) atoms. The lowest BCUT2D eigenvalue weighted by molar-refractivity contribution is 0.0600. The third-order valence-electron chi connectivity index (χ3n) is 4.65. The van der Waals surface area contributed by atoms with Crippen LogP contribution < -0.4 is 9.46 Å². The zero-order valence-electron chi connectivity index (χ0n) is 17.2. The minimum Gasteiger partial charge on any atom is -0.495 e. The summed E-state index contributed by atoms with van der Waals surface area (Å²) in [6.45, 7) is 0.716. The van der Waals surface area contributed by atoms with E-state index < -0.39 is 36.7 Å². The minimum absolute atomic E-state index is 0.0123. The third kappa shape index (κ3) is 4.85. The zero-order valence-corrected chi connectivity index (χ0v) is 18.8. The molecule has 0 saturated carbocycles. The molecule has 13 heteroatoms. The van der Waals surface area contributed by atoms with E-state index in [4.69, 9.17) is 9.47 Å². The number of carbonyl (C=O) groups is 1. The minimum atomic E-state index is -4.52. The number of sulfonamides is 2. The average molecular weight is 489 g/mol. The number of ether oxygens (including phenoxy) is 3. The topological polar surface area (TPSA) is 128 Å². The number of methoxy groups -OCH3 is 2. The van der Waals surface area contributed by atoms with Gasteiger partial charge in [0, 0.05) is 13.1 Å². The summed E-state index contributed by atoms with van der Waals surface area (Å²) >= 11 is 0. The second-order valence-electron chi connectivity index (χ2n) is 6.62. The summed E-state index contributed by atoms with van der Waals surface area (Å²) in [7, 11) is -6.15. The van der Waals surface area contributed by atoms with Crippen LogP contribution in [0.15, 0.2) is 46.2 Å². The number of hydrogen-bond acceptors (Lipinski definition) is 8. The van der Waals surface area contributed by atoms with Crippen molar-refractivity contribution in [3.8, 4) is 5.75 Å². The molecule has 0 bridgehead atoms. The van der Waals surface area contributed by atoms with Gasteiger partial charge < -0.3 is 14.2 Å². The van der Waals surface area contributed by atoms with Crippen LogP contribution in [0.1, 0.15) is 10.4 Å². The van der Waals surface area contributed by atoms with Crippen molar-refractivity contribution in [3.05, 3.63) is 47.8 Å². The molecule has 0 radical (unpaired) electrons. The highest BCUT2D eigenvalue weighted by molar-refractivity contribution is 7.92. The molecule has 174 valence electrons. The Morgan fingerprint density at radius 3 is 2.34 bits per heavy atom. The quantitative estimate of drug-likeness (QED) is 0.580. The molecule has 1 N–H and O–H groups in total. The van der Waals surface area contributed by atoms with Gasteiger partial charge in [-0.05, 0) is 36.4 Å². The number of anilines is 1. The van der Waals surface area contributed by atoms with Crippen molar-refractivity contribution < 1.29 is 40.2 Å². The molecule has 1 aliphatic rings. The fraction of sp³-hybridized carbons (Fsp3) is 0.316. The Balaban J connectivity index is 1.99. The first-order valence-electron chi connectivity index (χ1n) is 9.27. The van der Waals surface area contributed by atoms with Crippen molar-refractivity contribution in [2.45, 2.75) is 9.79 Å². The standard InChI is InChI=1S/C19H21FN2O8S2/c1-28-16-6-4-14(12-18(16)32(26,27)22-7-9-30-10-8-22)21-31(24,25)17-11-13(19(23)29-2)3-5-15(17)20/h3-6,11-12,21H,7-10H2,1-2H3. The molecule has 0 atom stereocenters. The first kappa shape index (κ1) is 23.9. The van der Waals surface area contributed by atoms with E-state index in [1.54, 1.807) is 0 Å². The Hall–Kier alpha value is -2.74. The van der Waals surface area contributed by atoms with Crippen molar-refractivity contribution in [1.29, 1.82) is 0 Å². The van der Waals surface area contributed by atoms with E-state index in [0.29, 0.717) is 0 Å². The van der Waals surface area contributed by atoms with Gasteiger partial charge in [-0.1, -0.05) is 0 Å². The SMILES string of the molecule is COC(=O)c1ccc(F)c(S(=O)(=O)Nc2ccc(OC)c(S(=O)(=O)N3CCOCC3)c2)c1. The summed E-state index contributed by atoms with van der Waals surface area (Å²) in [6.07, 6.45) is 0. The molecule has 0 unspecified atom stereocenters. The summed E-state index contributed by atoms with van der Waals surface area (Å²) in [5.41, 5.74) is -0.305. The predicted molar refractivity (Wildman–Crippen MR) is 111 cm³/mol. The lowest BCUT2D eigenvalue weighted by Crippen LogP contribution is -2.40. The number of nitrogens with zero attached hydrogens (tertiary/aromatic N) is 1. The fourth-order valence-electron chi connectivity index (χ4n) is 3.03. The fourth-order valence-corrected chi connectivity index (χ4v) is 5.78. The van der Waals surface area contributed by atoms with E-state index in [1.165, 1.54) is 23.5 Å². The monoisotopic (exact) mass is 488 g/mol. The second-order valence-corrected chi connectivity index (χ2v) is 10.2. The van der Waals surface area contributed by atoms with Crippen LogP contribution >= 0.6 is 0 Å². The maximum absolute atomic E-state index is 14.3. The number of benzene rings is 2. The van der Waals surface area contributed by atoms with Crippen LogP contribution in [-0.4, -0.2) is 67.6 Å². The van der Waals surface area contributed by atoms with Gasteiger partial charge >= 0.3 is 5.97 Å². The van der Waals surface area contributed by atoms with E-state index in [9.17, 15) is 26.0 Å². The summed E-state index contributed by atoms with van der Waals surface area (Å²) in [5.74, 6) is -1.93. The Morgan fingerprint density at radius 2 is 1.72 bits per heavy atom. The van der Waals surface area contributed by atoms with Crippen LogP contribution in [0.5, 0.6) is 5.75 Å². The second kappa shape index (κ2) is 9.40. The lowest BCUT2D eigenvalue weighted by atomic mass is 10.2. The molecule has 1 saturated heterocycles. The molecule has 1 fully saturated rings. The van der Waals surface area contributed by atoms with E-state index in [2.05, 4.69) is 9.46 Å². The Kier molecular flexibility index (Phi) is 7.03. The van der Waals surface area contributed by atoms with Crippen molar-refractivity contribution in [2.24, 2.45) is 0 Å². The Labute approximate surface area is 185 Å². The highest BCUT2D eigenvalue weighted by atomic mass is 32.2. The molecule has 2 aromatic carbocycles. The van der Waals surface area contributed by atoms with Crippen LogP contribution in [0.2, 0.25) is 0 Å². The molecule has 1 aliphatic heterocycles. The van der Waals surface area contributed by atoms with Gasteiger partial charge in [0.1, 0.15) is 21.4 Å². The molecule has 3 rings (SSSR count). The van der Waals surface area contributed by atoms with Gasteiger partial charge in [0.25, 0.3) is 10.0 Å². The smallest absolute Gasteiger partial charge is 0.337 e. The van der Waals surface area contributed by atoms with Gasteiger partial charge in [-0.3, -0.25) is 4.72 Å². The first-order chi connectivity index (χ1) is 15.1. The highest BCUT2D eigenvalue weighted by Gasteiger charge is 2.30. The van der Waals surface area contributed by atoms with Gasteiger partial charge in [-0.2, -0.15) is 4.31 Å². The summed E-state index contributed by atoms with van der Waals surface area (Å²) in [6, 6.07) is 6.38. The van der Waals surface area contributed by atoms with E-state index >= 15 is 0 Å². The van der Waals surface area contributed by atoms with Gasteiger partial charge in [0.15, 0.2) is 0 Å². The number of halogens is 1. The van der Waals surface area contributed by atoms with Crippen molar-refractivity contribution in [3.63, 3.8) is 0 Å². The molecular weight excluding hydrogens is 467 g/mol. The zero-order chi connectivity index (χ0) is 23.5. The molecular formula is C19H21FN2O8S2. The van der Waals surface area contributed by atoms with Crippen molar-refractivity contribution >= 4 is 31.7 Å². The van der Waals surface area contributed by atoms with Crippen molar-refractivity contribution in [1.82, 2.24) is 4.31 Å². The van der Waals surface area contributed by atoms with Crippen LogP contribution in [-0.2, 0) is 29.5 Å². The molecule has 0 aromatic heterocycles. The summed E-state index contributed by atoms with van der Waals surface area (Å²) < 4.78 is 84.2.